The Morgan fingerprint density at radius 1 is 0.960 bits per heavy atom. The summed E-state index contributed by atoms with van der Waals surface area (Å²) < 4.78 is 38.4. The largest absolute Gasteiger partial charge is 0.433 e. The fourth-order valence-electron chi connectivity index (χ4n) is 2.68. The van der Waals surface area contributed by atoms with E-state index >= 15 is 0 Å². The summed E-state index contributed by atoms with van der Waals surface area (Å²) in [6.07, 6.45) is -1.52. The van der Waals surface area contributed by atoms with Crippen LogP contribution < -0.4 is 14.7 Å². The Balaban J connectivity index is 1.69. The molecule has 2 aromatic heterocycles. The zero-order valence-electron chi connectivity index (χ0n) is 14.0. The molecule has 0 N–H and O–H groups in total. The lowest BCUT2D eigenvalue weighted by molar-refractivity contribution is -0.141. The Hall–Kier alpha value is -2.58. The van der Waals surface area contributed by atoms with E-state index in [1.807, 2.05) is 34.9 Å². The number of rotatable bonds is 3. The maximum absolute atomic E-state index is 12.8. The maximum Gasteiger partial charge on any atom is 0.433 e. The number of pyridine rings is 1. The van der Waals surface area contributed by atoms with Gasteiger partial charge >= 0.3 is 6.18 Å². The topological polar surface area (TPSA) is 48.4 Å². The molecule has 1 aliphatic heterocycles. The SMILES string of the molecule is CN(C)c1ccnc(N2CCN(c3ccnc(C(F)(F)F)c3)CC2)n1. The van der Waals surface area contributed by atoms with E-state index in [2.05, 4.69) is 15.0 Å². The molecule has 0 radical (unpaired) electrons. The number of alkyl halides is 3. The monoisotopic (exact) mass is 352 g/mol. The average molecular weight is 352 g/mol. The van der Waals surface area contributed by atoms with Crippen LogP contribution in [0.15, 0.2) is 30.6 Å². The van der Waals surface area contributed by atoms with Crippen LogP contribution in [0.4, 0.5) is 30.6 Å². The van der Waals surface area contributed by atoms with Gasteiger partial charge in [0.2, 0.25) is 5.95 Å². The number of piperazine rings is 1. The van der Waals surface area contributed by atoms with Crippen molar-refractivity contribution in [2.45, 2.75) is 6.18 Å². The van der Waals surface area contributed by atoms with Crippen molar-refractivity contribution in [2.24, 2.45) is 0 Å². The second-order valence-electron chi connectivity index (χ2n) is 5.98. The van der Waals surface area contributed by atoms with Crippen LogP contribution in [0.3, 0.4) is 0 Å². The molecule has 0 bridgehead atoms. The van der Waals surface area contributed by atoms with E-state index in [1.165, 1.54) is 6.20 Å². The van der Waals surface area contributed by atoms with Crippen molar-refractivity contribution < 1.29 is 13.2 Å². The molecule has 1 fully saturated rings. The first-order valence-corrected chi connectivity index (χ1v) is 7.88. The van der Waals surface area contributed by atoms with Crippen LogP contribution in [0.2, 0.25) is 0 Å². The Morgan fingerprint density at radius 2 is 1.60 bits per heavy atom. The molecule has 0 amide bonds. The second-order valence-corrected chi connectivity index (χ2v) is 5.98. The van der Waals surface area contributed by atoms with Crippen LogP contribution in [0, 0.1) is 0 Å². The molecular weight excluding hydrogens is 333 g/mol. The molecule has 25 heavy (non-hydrogen) atoms. The average Bonchev–Trinajstić information content (AvgIpc) is 2.61. The fourth-order valence-corrected chi connectivity index (χ4v) is 2.68. The molecule has 0 saturated carbocycles. The summed E-state index contributed by atoms with van der Waals surface area (Å²) in [7, 11) is 3.82. The molecule has 0 aliphatic carbocycles. The fraction of sp³-hybridized carbons (Fsp3) is 0.438. The lowest BCUT2D eigenvalue weighted by atomic mass is 10.2. The minimum atomic E-state index is -4.43. The first kappa shape index (κ1) is 17.2. The number of anilines is 3. The summed E-state index contributed by atoms with van der Waals surface area (Å²) in [6.45, 7) is 2.47. The highest BCUT2D eigenvalue weighted by Crippen LogP contribution is 2.30. The molecule has 3 heterocycles. The molecule has 0 spiro atoms. The summed E-state index contributed by atoms with van der Waals surface area (Å²) in [5.41, 5.74) is -0.334. The van der Waals surface area contributed by atoms with E-state index in [0.717, 1.165) is 11.9 Å². The maximum atomic E-state index is 12.8. The number of nitrogens with zero attached hydrogens (tertiary/aromatic N) is 6. The number of hydrogen-bond donors (Lipinski definition) is 0. The van der Waals surface area contributed by atoms with E-state index in [9.17, 15) is 13.2 Å². The number of halogens is 3. The Bertz CT molecular complexity index is 726. The highest BCUT2D eigenvalue weighted by atomic mass is 19.4. The third kappa shape index (κ3) is 3.92. The first-order valence-electron chi connectivity index (χ1n) is 7.88. The summed E-state index contributed by atoms with van der Waals surface area (Å²) in [5, 5.41) is 0. The number of hydrogen-bond acceptors (Lipinski definition) is 6. The van der Waals surface area contributed by atoms with Crippen molar-refractivity contribution in [1.29, 1.82) is 0 Å². The highest BCUT2D eigenvalue weighted by Gasteiger charge is 2.33. The quantitative estimate of drug-likeness (QED) is 0.845. The smallest absolute Gasteiger partial charge is 0.368 e. The van der Waals surface area contributed by atoms with Crippen LogP contribution in [0.1, 0.15) is 5.69 Å². The van der Waals surface area contributed by atoms with E-state index in [4.69, 9.17) is 0 Å². The van der Waals surface area contributed by atoms with Crippen LogP contribution in [0.25, 0.3) is 0 Å². The van der Waals surface area contributed by atoms with Crippen molar-refractivity contribution in [1.82, 2.24) is 15.0 Å². The lowest BCUT2D eigenvalue weighted by Crippen LogP contribution is -2.47. The van der Waals surface area contributed by atoms with E-state index in [0.29, 0.717) is 37.8 Å². The summed E-state index contributed by atoms with van der Waals surface area (Å²) >= 11 is 0. The van der Waals surface area contributed by atoms with Crippen LogP contribution in [0.5, 0.6) is 0 Å². The minimum Gasteiger partial charge on any atom is -0.368 e. The molecule has 2 aromatic rings. The van der Waals surface area contributed by atoms with E-state index in [1.54, 1.807) is 12.3 Å². The zero-order chi connectivity index (χ0) is 18.0. The van der Waals surface area contributed by atoms with Crippen molar-refractivity contribution in [3.05, 3.63) is 36.3 Å². The zero-order valence-corrected chi connectivity index (χ0v) is 14.0. The second kappa shape index (κ2) is 6.73. The van der Waals surface area contributed by atoms with Gasteiger partial charge < -0.3 is 14.7 Å². The minimum absolute atomic E-state index is 0.532. The van der Waals surface area contributed by atoms with Crippen molar-refractivity contribution in [2.75, 3.05) is 55.0 Å². The summed E-state index contributed by atoms with van der Waals surface area (Å²) in [4.78, 5) is 18.1. The molecule has 1 aliphatic rings. The van der Waals surface area contributed by atoms with Gasteiger partial charge in [0, 0.05) is 58.4 Å². The molecule has 134 valence electrons. The number of aromatic nitrogens is 3. The normalized spacial score (nSPS) is 15.4. The molecule has 0 unspecified atom stereocenters. The molecule has 6 nitrogen and oxygen atoms in total. The molecule has 0 atom stereocenters. The lowest BCUT2D eigenvalue weighted by Gasteiger charge is -2.36. The van der Waals surface area contributed by atoms with Crippen molar-refractivity contribution in [3.63, 3.8) is 0 Å². The highest BCUT2D eigenvalue weighted by molar-refractivity contribution is 5.50. The van der Waals surface area contributed by atoms with Gasteiger partial charge in [-0.15, -0.1) is 0 Å². The third-order valence-electron chi connectivity index (χ3n) is 4.05. The molecule has 0 aromatic carbocycles. The van der Waals surface area contributed by atoms with Gasteiger partial charge in [0.25, 0.3) is 0 Å². The van der Waals surface area contributed by atoms with Crippen LogP contribution in [-0.2, 0) is 6.18 Å². The van der Waals surface area contributed by atoms with Gasteiger partial charge in [-0.1, -0.05) is 0 Å². The van der Waals surface area contributed by atoms with Crippen LogP contribution >= 0.6 is 0 Å². The van der Waals surface area contributed by atoms with Gasteiger partial charge in [0.15, 0.2) is 0 Å². The summed E-state index contributed by atoms with van der Waals surface area (Å²) in [5.74, 6) is 1.45. The van der Waals surface area contributed by atoms with Gasteiger partial charge in [0.05, 0.1) is 0 Å². The molecular formula is C16H19F3N6. The Kier molecular flexibility index (Phi) is 4.65. The van der Waals surface area contributed by atoms with Gasteiger partial charge in [-0.3, -0.25) is 4.98 Å². The van der Waals surface area contributed by atoms with Gasteiger partial charge in [0.1, 0.15) is 11.5 Å². The molecule has 9 heteroatoms. The standard InChI is InChI=1S/C16H19F3N6/c1-23(2)14-4-6-21-15(22-14)25-9-7-24(8-10-25)12-3-5-20-13(11-12)16(17,18)19/h3-6,11H,7-10H2,1-2H3. The first-order chi connectivity index (χ1) is 11.8. The van der Waals surface area contributed by atoms with Crippen molar-refractivity contribution in [3.8, 4) is 0 Å². The van der Waals surface area contributed by atoms with E-state index < -0.39 is 11.9 Å². The van der Waals surface area contributed by atoms with Crippen molar-refractivity contribution >= 4 is 17.5 Å². The van der Waals surface area contributed by atoms with E-state index in [-0.39, 0.29) is 0 Å². The Morgan fingerprint density at radius 3 is 2.24 bits per heavy atom. The van der Waals surface area contributed by atoms with Crippen LogP contribution in [-0.4, -0.2) is 55.2 Å². The Labute approximate surface area is 143 Å². The predicted molar refractivity (Wildman–Crippen MR) is 90.0 cm³/mol. The van der Waals surface area contributed by atoms with Gasteiger partial charge in [-0.2, -0.15) is 18.2 Å². The predicted octanol–water partition coefficient (Wildman–Crippen LogP) is 2.28. The third-order valence-corrected chi connectivity index (χ3v) is 4.05. The van der Waals surface area contributed by atoms with Gasteiger partial charge in [-0.25, -0.2) is 4.98 Å². The molecule has 3 rings (SSSR count). The molecule has 1 saturated heterocycles. The summed E-state index contributed by atoms with van der Waals surface area (Å²) in [6, 6.07) is 4.53. The van der Waals surface area contributed by atoms with Gasteiger partial charge in [-0.05, 0) is 18.2 Å².